The minimum atomic E-state index is -0.629. The number of amides is 1. The Balaban J connectivity index is 2.14. The Bertz CT molecular complexity index is 600. The molecule has 0 aliphatic carbocycles. The molecule has 0 saturated carbocycles. The van der Waals surface area contributed by atoms with Gasteiger partial charge in [-0.05, 0) is 38.1 Å². The van der Waals surface area contributed by atoms with Crippen LogP contribution in [0.2, 0.25) is 0 Å². The molecule has 0 atom stereocenters. The summed E-state index contributed by atoms with van der Waals surface area (Å²) in [5, 5.41) is 0. The van der Waals surface area contributed by atoms with E-state index in [0.29, 0.717) is 12.1 Å². The molecule has 0 bridgehead atoms. The summed E-state index contributed by atoms with van der Waals surface area (Å²) in [5.74, 6) is -1.07. The normalized spacial score (nSPS) is 10.5. The molecule has 0 unspecified atom stereocenters. The lowest BCUT2D eigenvalue weighted by Crippen LogP contribution is -2.18. The number of nitrogens with two attached hydrogens (primary N) is 1. The first-order chi connectivity index (χ1) is 8.99. The third-order valence-corrected chi connectivity index (χ3v) is 3.04. The maximum Gasteiger partial charge on any atom is 0.248 e. The molecule has 1 amide bonds. The largest absolute Gasteiger partial charge is 0.366 e. The summed E-state index contributed by atoms with van der Waals surface area (Å²) >= 11 is 0. The standard InChI is InChI=1S/C14H16FN3O/c1-9-3-4-10(2)18(9)17-8-12-6-5-11(14(16)19)7-13(12)15/h3-7,17H,8H2,1-2H3,(H2,16,19). The van der Waals surface area contributed by atoms with Crippen LogP contribution < -0.4 is 11.2 Å². The summed E-state index contributed by atoms with van der Waals surface area (Å²) in [6, 6.07) is 8.22. The number of nitrogens with one attached hydrogen (secondary N) is 1. The molecule has 0 saturated heterocycles. The smallest absolute Gasteiger partial charge is 0.248 e. The SMILES string of the molecule is Cc1ccc(C)n1NCc1ccc(C(N)=O)cc1F. The predicted octanol–water partition coefficient (Wildman–Crippen LogP) is 2.09. The second kappa shape index (κ2) is 5.14. The van der Waals surface area contributed by atoms with Crippen LogP contribution in [0.15, 0.2) is 30.3 Å². The van der Waals surface area contributed by atoms with Gasteiger partial charge in [-0.25, -0.2) is 4.39 Å². The van der Waals surface area contributed by atoms with Crippen molar-refractivity contribution in [3.8, 4) is 0 Å². The highest BCUT2D eigenvalue weighted by atomic mass is 19.1. The first-order valence-corrected chi connectivity index (χ1v) is 5.96. The number of primary amides is 1. The van der Waals surface area contributed by atoms with E-state index in [-0.39, 0.29) is 5.56 Å². The van der Waals surface area contributed by atoms with Crippen LogP contribution in [0, 0.1) is 19.7 Å². The number of nitrogens with zero attached hydrogens (tertiary/aromatic N) is 1. The number of halogens is 1. The Morgan fingerprint density at radius 3 is 2.42 bits per heavy atom. The van der Waals surface area contributed by atoms with Crippen molar-refractivity contribution in [3.63, 3.8) is 0 Å². The van der Waals surface area contributed by atoms with E-state index in [4.69, 9.17) is 5.73 Å². The Kier molecular flexibility index (Phi) is 3.55. The van der Waals surface area contributed by atoms with Crippen LogP contribution >= 0.6 is 0 Å². The fourth-order valence-electron chi connectivity index (χ4n) is 1.93. The summed E-state index contributed by atoms with van der Waals surface area (Å²) in [5.41, 5.74) is 11.0. The van der Waals surface area contributed by atoms with Crippen molar-refractivity contribution in [3.05, 3.63) is 58.7 Å². The van der Waals surface area contributed by atoms with E-state index in [2.05, 4.69) is 5.43 Å². The highest BCUT2D eigenvalue weighted by Crippen LogP contribution is 2.11. The number of aromatic nitrogens is 1. The van der Waals surface area contributed by atoms with E-state index in [9.17, 15) is 9.18 Å². The summed E-state index contributed by atoms with van der Waals surface area (Å²) in [7, 11) is 0. The zero-order chi connectivity index (χ0) is 14.0. The molecule has 4 nitrogen and oxygen atoms in total. The lowest BCUT2D eigenvalue weighted by molar-refractivity contribution is 0.1000. The summed E-state index contributed by atoms with van der Waals surface area (Å²) in [6.07, 6.45) is 0. The predicted molar refractivity (Wildman–Crippen MR) is 71.9 cm³/mol. The number of hydrogen-bond acceptors (Lipinski definition) is 2. The van der Waals surface area contributed by atoms with Gasteiger partial charge in [0.15, 0.2) is 0 Å². The monoisotopic (exact) mass is 261 g/mol. The van der Waals surface area contributed by atoms with Crippen LogP contribution in [-0.4, -0.2) is 10.6 Å². The molecule has 3 N–H and O–H groups in total. The van der Waals surface area contributed by atoms with Crippen molar-refractivity contribution in [2.45, 2.75) is 20.4 Å². The summed E-state index contributed by atoms with van der Waals surface area (Å²) in [4.78, 5) is 10.9. The Hall–Kier alpha value is -2.30. The molecule has 0 aliphatic heterocycles. The van der Waals surface area contributed by atoms with Crippen LogP contribution in [0.3, 0.4) is 0 Å². The molecule has 0 fully saturated rings. The van der Waals surface area contributed by atoms with Crippen LogP contribution in [0.25, 0.3) is 0 Å². The van der Waals surface area contributed by atoms with Crippen molar-refractivity contribution >= 4 is 5.91 Å². The fraction of sp³-hybridized carbons (Fsp3) is 0.214. The molecule has 2 rings (SSSR count). The number of hydrogen-bond donors (Lipinski definition) is 2. The number of benzene rings is 1. The lowest BCUT2D eigenvalue weighted by Gasteiger charge is -2.13. The molecule has 19 heavy (non-hydrogen) atoms. The van der Waals surface area contributed by atoms with Crippen LogP contribution in [0.1, 0.15) is 27.3 Å². The van der Waals surface area contributed by atoms with E-state index in [0.717, 1.165) is 17.5 Å². The van der Waals surface area contributed by atoms with E-state index < -0.39 is 11.7 Å². The van der Waals surface area contributed by atoms with Gasteiger partial charge in [0.25, 0.3) is 0 Å². The van der Waals surface area contributed by atoms with Gasteiger partial charge < -0.3 is 11.2 Å². The molecule has 0 radical (unpaired) electrons. The molecule has 5 heteroatoms. The number of carbonyl (C=O) groups is 1. The van der Waals surface area contributed by atoms with E-state index in [1.54, 1.807) is 6.07 Å². The third kappa shape index (κ3) is 2.76. The first-order valence-electron chi connectivity index (χ1n) is 5.96. The van der Waals surface area contributed by atoms with Crippen molar-refractivity contribution in [2.75, 3.05) is 5.43 Å². The Morgan fingerprint density at radius 1 is 1.26 bits per heavy atom. The highest BCUT2D eigenvalue weighted by Gasteiger charge is 2.07. The third-order valence-electron chi connectivity index (χ3n) is 3.04. The Labute approximate surface area is 111 Å². The molecule has 2 aromatic rings. The minimum Gasteiger partial charge on any atom is -0.366 e. The molecule has 100 valence electrons. The van der Waals surface area contributed by atoms with Gasteiger partial charge in [0.05, 0.1) is 6.54 Å². The van der Waals surface area contributed by atoms with Gasteiger partial charge in [-0.3, -0.25) is 9.47 Å². The first kappa shape index (κ1) is 13.1. The van der Waals surface area contributed by atoms with Crippen LogP contribution in [0.5, 0.6) is 0 Å². The van der Waals surface area contributed by atoms with E-state index in [1.165, 1.54) is 6.07 Å². The van der Waals surface area contributed by atoms with Crippen molar-refractivity contribution in [1.29, 1.82) is 0 Å². The van der Waals surface area contributed by atoms with Gasteiger partial charge in [-0.15, -0.1) is 0 Å². The average Bonchev–Trinajstić information content (AvgIpc) is 2.68. The molecule has 0 spiro atoms. The highest BCUT2D eigenvalue weighted by molar-refractivity contribution is 5.92. The van der Waals surface area contributed by atoms with Gasteiger partial charge in [-0.1, -0.05) is 6.07 Å². The molecule has 0 aliphatic rings. The second-order valence-electron chi connectivity index (χ2n) is 4.46. The maximum absolute atomic E-state index is 13.8. The molecular weight excluding hydrogens is 245 g/mol. The number of carbonyl (C=O) groups excluding carboxylic acids is 1. The van der Waals surface area contributed by atoms with Crippen LogP contribution in [0.4, 0.5) is 4.39 Å². The molecule has 1 aromatic carbocycles. The van der Waals surface area contributed by atoms with Gasteiger partial charge >= 0.3 is 0 Å². The lowest BCUT2D eigenvalue weighted by atomic mass is 10.1. The van der Waals surface area contributed by atoms with E-state index >= 15 is 0 Å². The zero-order valence-electron chi connectivity index (χ0n) is 10.9. The number of aryl methyl sites for hydroxylation is 2. The molecular formula is C14H16FN3O. The van der Waals surface area contributed by atoms with E-state index in [1.807, 2.05) is 30.7 Å². The molecule has 1 aromatic heterocycles. The fourth-order valence-corrected chi connectivity index (χ4v) is 1.93. The quantitative estimate of drug-likeness (QED) is 0.885. The van der Waals surface area contributed by atoms with Gasteiger partial charge in [0, 0.05) is 22.5 Å². The van der Waals surface area contributed by atoms with Crippen molar-refractivity contribution in [2.24, 2.45) is 5.73 Å². The van der Waals surface area contributed by atoms with Gasteiger partial charge in [0.1, 0.15) is 5.82 Å². The van der Waals surface area contributed by atoms with Gasteiger partial charge in [-0.2, -0.15) is 0 Å². The second-order valence-corrected chi connectivity index (χ2v) is 4.46. The van der Waals surface area contributed by atoms with Crippen LogP contribution in [-0.2, 0) is 6.54 Å². The molecule has 1 heterocycles. The zero-order valence-corrected chi connectivity index (χ0v) is 10.9. The van der Waals surface area contributed by atoms with Gasteiger partial charge in [0.2, 0.25) is 5.91 Å². The Morgan fingerprint density at radius 2 is 1.89 bits per heavy atom. The number of rotatable bonds is 4. The maximum atomic E-state index is 13.8. The van der Waals surface area contributed by atoms with Crippen molar-refractivity contribution < 1.29 is 9.18 Å². The summed E-state index contributed by atoms with van der Waals surface area (Å²) < 4.78 is 15.7. The minimum absolute atomic E-state index is 0.176. The average molecular weight is 261 g/mol. The topological polar surface area (TPSA) is 60.1 Å². The van der Waals surface area contributed by atoms with Crippen molar-refractivity contribution in [1.82, 2.24) is 4.68 Å². The summed E-state index contributed by atoms with van der Waals surface area (Å²) in [6.45, 7) is 4.26.